The van der Waals surface area contributed by atoms with Crippen LogP contribution in [0.25, 0.3) is 11.0 Å². The first-order chi connectivity index (χ1) is 13.2. The summed E-state index contributed by atoms with van der Waals surface area (Å²) < 4.78 is 11.8. The van der Waals surface area contributed by atoms with Gasteiger partial charge < -0.3 is 9.15 Å². The summed E-state index contributed by atoms with van der Waals surface area (Å²) in [6.07, 6.45) is 7.62. The molecule has 0 saturated carbocycles. The van der Waals surface area contributed by atoms with Crippen LogP contribution in [0.4, 0.5) is 0 Å². The third-order valence-corrected chi connectivity index (χ3v) is 5.71. The second kappa shape index (κ2) is 6.50. The van der Waals surface area contributed by atoms with Crippen LogP contribution < -0.4 is 10.4 Å². The summed E-state index contributed by atoms with van der Waals surface area (Å²) in [5, 5.41) is 1.09. The molecule has 0 atom stereocenters. The Morgan fingerprint density at radius 1 is 1.15 bits per heavy atom. The largest absolute Gasteiger partial charge is 0.477 e. The molecule has 3 aromatic rings. The highest BCUT2D eigenvalue weighted by molar-refractivity contribution is 5.87. The smallest absolute Gasteiger partial charge is 0.339 e. The zero-order valence-electron chi connectivity index (χ0n) is 15.5. The van der Waals surface area contributed by atoms with Gasteiger partial charge in [-0.25, -0.2) is 4.79 Å². The minimum absolute atomic E-state index is 0.171. The van der Waals surface area contributed by atoms with Crippen molar-refractivity contribution < 1.29 is 9.15 Å². The van der Waals surface area contributed by atoms with Gasteiger partial charge in [0, 0.05) is 47.6 Å². The van der Waals surface area contributed by atoms with Gasteiger partial charge in [-0.15, -0.1) is 0 Å². The minimum atomic E-state index is -0.171. The molecule has 0 fully saturated rings. The average Bonchev–Trinajstić information content (AvgIpc) is 2.70. The van der Waals surface area contributed by atoms with Crippen LogP contribution in [0.15, 0.2) is 39.8 Å². The van der Waals surface area contributed by atoms with Crippen LogP contribution in [-0.4, -0.2) is 16.6 Å². The van der Waals surface area contributed by atoms with Crippen molar-refractivity contribution in [3.8, 4) is 5.75 Å². The SMILES string of the molecule is Cc1c2c(cc3c4c(c(=O)oc13)CCCC4)CN(Cc1ccncc1)CO2. The van der Waals surface area contributed by atoms with E-state index in [0.29, 0.717) is 12.3 Å². The van der Waals surface area contributed by atoms with Gasteiger partial charge in [0.25, 0.3) is 0 Å². The van der Waals surface area contributed by atoms with Crippen LogP contribution in [0.5, 0.6) is 5.75 Å². The molecule has 0 N–H and O–H groups in total. The van der Waals surface area contributed by atoms with Crippen molar-refractivity contribution in [2.75, 3.05) is 6.73 Å². The van der Waals surface area contributed by atoms with E-state index in [2.05, 4.69) is 16.0 Å². The van der Waals surface area contributed by atoms with Crippen molar-refractivity contribution in [1.29, 1.82) is 0 Å². The Labute approximate surface area is 157 Å². The number of aryl methyl sites for hydroxylation is 2. The fourth-order valence-electron chi connectivity index (χ4n) is 4.40. The molecule has 0 saturated heterocycles. The lowest BCUT2D eigenvalue weighted by Gasteiger charge is -2.30. The molecule has 1 aromatic carbocycles. The highest BCUT2D eigenvalue weighted by Crippen LogP contribution is 2.37. The van der Waals surface area contributed by atoms with Crippen molar-refractivity contribution in [3.05, 3.63) is 68.8 Å². The third-order valence-electron chi connectivity index (χ3n) is 5.71. The molecule has 27 heavy (non-hydrogen) atoms. The summed E-state index contributed by atoms with van der Waals surface area (Å²) in [7, 11) is 0. The Morgan fingerprint density at radius 3 is 2.74 bits per heavy atom. The molecule has 1 aliphatic heterocycles. The number of hydrogen-bond acceptors (Lipinski definition) is 5. The van der Waals surface area contributed by atoms with Crippen LogP contribution >= 0.6 is 0 Å². The maximum absolute atomic E-state index is 12.4. The van der Waals surface area contributed by atoms with Gasteiger partial charge in [0.15, 0.2) is 0 Å². The zero-order chi connectivity index (χ0) is 18.4. The van der Waals surface area contributed by atoms with Gasteiger partial charge in [-0.2, -0.15) is 0 Å². The first kappa shape index (κ1) is 16.5. The lowest BCUT2D eigenvalue weighted by atomic mass is 9.89. The predicted molar refractivity (Wildman–Crippen MR) is 103 cm³/mol. The van der Waals surface area contributed by atoms with Crippen molar-refractivity contribution in [3.63, 3.8) is 0 Å². The molecule has 5 rings (SSSR count). The number of aromatic nitrogens is 1. The number of pyridine rings is 1. The Bertz CT molecular complexity index is 1070. The lowest BCUT2D eigenvalue weighted by Crippen LogP contribution is -2.32. The molecule has 0 amide bonds. The Morgan fingerprint density at radius 2 is 1.93 bits per heavy atom. The summed E-state index contributed by atoms with van der Waals surface area (Å²) >= 11 is 0. The van der Waals surface area contributed by atoms with Crippen LogP contribution in [-0.2, 0) is 25.9 Å². The monoisotopic (exact) mass is 362 g/mol. The molecular weight excluding hydrogens is 340 g/mol. The van der Waals surface area contributed by atoms with Crippen LogP contribution in [0.1, 0.15) is 40.7 Å². The van der Waals surface area contributed by atoms with Gasteiger partial charge >= 0.3 is 5.63 Å². The number of hydrogen-bond donors (Lipinski definition) is 0. The number of rotatable bonds is 2. The van der Waals surface area contributed by atoms with E-state index in [-0.39, 0.29) is 5.63 Å². The van der Waals surface area contributed by atoms with Gasteiger partial charge in [-0.3, -0.25) is 9.88 Å². The van der Waals surface area contributed by atoms with Crippen LogP contribution in [0.2, 0.25) is 0 Å². The summed E-state index contributed by atoms with van der Waals surface area (Å²) in [5.74, 6) is 0.868. The lowest BCUT2D eigenvalue weighted by molar-refractivity contribution is 0.0881. The van der Waals surface area contributed by atoms with E-state index in [1.807, 2.05) is 31.5 Å². The quantitative estimate of drug-likeness (QED) is 0.650. The van der Waals surface area contributed by atoms with Crippen molar-refractivity contribution in [1.82, 2.24) is 9.88 Å². The number of nitrogens with zero attached hydrogens (tertiary/aromatic N) is 2. The third kappa shape index (κ3) is 2.82. The molecule has 2 aromatic heterocycles. The first-order valence-electron chi connectivity index (χ1n) is 9.56. The zero-order valence-corrected chi connectivity index (χ0v) is 15.5. The summed E-state index contributed by atoms with van der Waals surface area (Å²) in [5.41, 5.74) is 5.91. The highest BCUT2D eigenvalue weighted by atomic mass is 16.5. The van der Waals surface area contributed by atoms with Crippen molar-refractivity contribution >= 4 is 11.0 Å². The predicted octanol–water partition coefficient (Wildman–Crippen LogP) is 3.73. The maximum atomic E-state index is 12.4. The van der Waals surface area contributed by atoms with E-state index < -0.39 is 0 Å². The summed E-state index contributed by atoms with van der Waals surface area (Å²) in [4.78, 5) is 18.8. The first-order valence-corrected chi connectivity index (χ1v) is 9.56. The number of fused-ring (bicyclic) bond motifs is 4. The van der Waals surface area contributed by atoms with Gasteiger partial charge in [-0.1, -0.05) is 0 Å². The van der Waals surface area contributed by atoms with E-state index in [4.69, 9.17) is 9.15 Å². The fraction of sp³-hybridized carbons (Fsp3) is 0.364. The number of benzene rings is 1. The molecule has 3 heterocycles. The Kier molecular flexibility index (Phi) is 3.97. The number of ether oxygens (including phenoxy) is 1. The van der Waals surface area contributed by atoms with Gasteiger partial charge in [0.1, 0.15) is 18.1 Å². The Hall–Kier alpha value is -2.66. The molecule has 0 spiro atoms. The normalized spacial score (nSPS) is 16.6. The second-order valence-corrected chi connectivity index (χ2v) is 7.54. The summed E-state index contributed by atoms with van der Waals surface area (Å²) in [6.45, 7) is 4.16. The van der Waals surface area contributed by atoms with Gasteiger partial charge in [0.05, 0.1) is 0 Å². The van der Waals surface area contributed by atoms with E-state index in [0.717, 1.165) is 61.0 Å². The van der Waals surface area contributed by atoms with Crippen LogP contribution in [0, 0.1) is 6.92 Å². The molecule has 138 valence electrons. The summed E-state index contributed by atoms with van der Waals surface area (Å²) in [6, 6.07) is 6.25. The van der Waals surface area contributed by atoms with Crippen LogP contribution in [0.3, 0.4) is 0 Å². The van der Waals surface area contributed by atoms with E-state index in [1.165, 1.54) is 16.7 Å². The van der Waals surface area contributed by atoms with E-state index >= 15 is 0 Å². The molecule has 2 aliphatic rings. The van der Waals surface area contributed by atoms with E-state index in [1.54, 1.807) is 0 Å². The Balaban J connectivity index is 1.57. The molecular formula is C22H22N2O3. The molecule has 0 bridgehead atoms. The van der Waals surface area contributed by atoms with Crippen molar-refractivity contribution in [2.24, 2.45) is 0 Å². The fourth-order valence-corrected chi connectivity index (χ4v) is 4.40. The maximum Gasteiger partial charge on any atom is 0.339 e. The minimum Gasteiger partial charge on any atom is -0.477 e. The standard InChI is InChI=1S/C22H22N2O3/c1-14-20-16(12-24(13-26-20)11-15-6-8-23-9-7-15)10-19-17-4-2-3-5-18(17)22(25)27-21(14)19/h6-10H,2-5,11-13H2,1H3. The molecule has 0 unspecified atom stereocenters. The molecule has 5 heteroatoms. The molecule has 0 radical (unpaired) electrons. The average molecular weight is 362 g/mol. The van der Waals surface area contributed by atoms with Crippen molar-refractivity contribution in [2.45, 2.75) is 45.7 Å². The molecule has 5 nitrogen and oxygen atoms in total. The van der Waals surface area contributed by atoms with Gasteiger partial charge in [0.2, 0.25) is 0 Å². The highest BCUT2D eigenvalue weighted by Gasteiger charge is 2.25. The molecule has 1 aliphatic carbocycles. The topological polar surface area (TPSA) is 55.6 Å². The van der Waals surface area contributed by atoms with E-state index in [9.17, 15) is 4.79 Å². The van der Waals surface area contributed by atoms with Gasteiger partial charge in [-0.05, 0) is 61.9 Å². The second-order valence-electron chi connectivity index (χ2n) is 7.54.